The summed E-state index contributed by atoms with van der Waals surface area (Å²) in [4.78, 5) is 28.9. The van der Waals surface area contributed by atoms with Gasteiger partial charge in [-0.1, -0.05) is 18.2 Å². The fourth-order valence-electron chi connectivity index (χ4n) is 3.74. The van der Waals surface area contributed by atoms with Gasteiger partial charge in [0.15, 0.2) is 6.61 Å². The van der Waals surface area contributed by atoms with Crippen molar-refractivity contribution in [1.82, 2.24) is 14.7 Å². The van der Waals surface area contributed by atoms with Crippen molar-refractivity contribution < 1.29 is 9.53 Å². The summed E-state index contributed by atoms with van der Waals surface area (Å²) in [7, 11) is 0. The molecular weight excluding hydrogens is 404 g/mol. The molecule has 7 heteroatoms. The number of amides is 1. The molecule has 0 atom stereocenters. The maximum atomic E-state index is 12.6. The lowest BCUT2D eigenvalue weighted by Crippen LogP contribution is -2.50. The number of carbonyl (C=O) groups excluding carboxylic acids is 1. The molecule has 1 fully saturated rings. The minimum atomic E-state index is -0.167. The van der Waals surface area contributed by atoms with Crippen molar-refractivity contribution in [2.24, 2.45) is 0 Å². The van der Waals surface area contributed by atoms with Crippen LogP contribution in [0.25, 0.3) is 5.69 Å². The number of anilines is 1. The molecule has 0 bridgehead atoms. The van der Waals surface area contributed by atoms with Gasteiger partial charge in [-0.05, 0) is 67.8 Å². The minimum Gasteiger partial charge on any atom is -0.484 e. The number of ether oxygens (including phenoxy) is 1. The second-order valence-electron chi connectivity index (χ2n) is 8.18. The first kappa shape index (κ1) is 21.6. The quantitative estimate of drug-likeness (QED) is 0.620. The number of rotatable bonds is 5. The summed E-state index contributed by atoms with van der Waals surface area (Å²) >= 11 is 0. The Balaban J connectivity index is 1.39. The molecule has 166 valence electrons. The summed E-state index contributed by atoms with van der Waals surface area (Å²) in [5, 5.41) is 4.59. The van der Waals surface area contributed by atoms with Gasteiger partial charge in [-0.15, -0.1) is 5.10 Å². The van der Waals surface area contributed by atoms with Crippen molar-refractivity contribution in [2.45, 2.75) is 20.8 Å². The van der Waals surface area contributed by atoms with Crippen LogP contribution < -0.4 is 15.2 Å². The normalized spacial score (nSPS) is 13.8. The average Bonchev–Trinajstić information content (AvgIpc) is 2.80. The van der Waals surface area contributed by atoms with Gasteiger partial charge in [0.25, 0.3) is 11.5 Å². The Hall–Kier alpha value is -3.61. The Bertz CT molecular complexity index is 1180. The van der Waals surface area contributed by atoms with Gasteiger partial charge in [-0.25, -0.2) is 0 Å². The van der Waals surface area contributed by atoms with Crippen LogP contribution in [0, 0.1) is 20.8 Å². The van der Waals surface area contributed by atoms with Gasteiger partial charge in [0.05, 0.1) is 5.69 Å². The Morgan fingerprint density at radius 3 is 2.44 bits per heavy atom. The van der Waals surface area contributed by atoms with Crippen molar-refractivity contribution in [3.8, 4) is 11.4 Å². The summed E-state index contributed by atoms with van der Waals surface area (Å²) < 4.78 is 7.09. The molecule has 0 N–H and O–H groups in total. The van der Waals surface area contributed by atoms with Crippen molar-refractivity contribution in [1.29, 1.82) is 0 Å². The molecular formula is C25H28N4O3. The van der Waals surface area contributed by atoms with E-state index >= 15 is 0 Å². The monoisotopic (exact) mass is 432 g/mol. The third-order valence-corrected chi connectivity index (χ3v) is 5.83. The second kappa shape index (κ2) is 9.26. The van der Waals surface area contributed by atoms with Gasteiger partial charge in [-0.3, -0.25) is 9.59 Å². The van der Waals surface area contributed by atoms with Gasteiger partial charge in [0.2, 0.25) is 0 Å². The molecule has 1 aromatic heterocycles. The number of piperazine rings is 1. The average molecular weight is 433 g/mol. The van der Waals surface area contributed by atoms with Crippen LogP contribution in [-0.4, -0.2) is 53.4 Å². The predicted octanol–water partition coefficient (Wildman–Crippen LogP) is 2.89. The highest BCUT2D eigenvalue weighted by Crippen LogP contribution is 2.16. The molecule has 7 nitrogen and oxygen atoms in total. The zero-order valence-corrected chi connectivity index (χ0v) is 18.7. The van der Waals surface area contributed by atoms with Crippen LogP contribution in [0.2, 0.25) is 0 Å². The van der Waals surface area contributed by atoms with Gasteiger partial charge in [-0.2, -0.15) is 4.68 Å². The molecule has 3 aromatic rings. The molecule has 0 saturated carbocycles. The highest BCUT2D eigenvalue weighted by molar-refractivity contribution is 5.78. The van der Waals surface area contributed by atoms with Crippen LogP contribution in [0.1, 0.15) is 16.7 Å². The van der Waals surface area contributed by atoms with E-state index in [1.807, 2.05) is 68.1 Å². The second-order valence-corrected chi connectivity index (χ2v) is 8.18. The number of aryl methyl sites for hydroxylation is 3. The molecule has 0 aliphatic carbocycles. The molecule has 4 rings (SSSR count). The SMILES string of the molecule is Cc1cccc(OCC(=O)N2CCN(c3ccc(=O)n(-c4ccc(C)c(C)c4)n3)CC2)c1. The summed E-state index contributed by atoms with van der Waals surface area (Å²) in [6, 6.07) is 16.8. The van der Waals surface area contributed by atoms with Crippen molar-refractivity contribution >= 4 is 11.7 Å². The number of hydrogen-bond donors (Lipinski definition) is 0. The Morgan fingerprint density at radius 2 is 1.72 bits per heavy atom. The van der Waals surface area contributed by atoms with Crippen LogP contribution in [-0.2, 0) is 4.79 Å². The first-order valence-corrected chi connectivity index (χ1v) is 10.8. The van der Waals surface area contributed by atoms with Gasteiger partial charge in [0.1, 0.15) is 11.6 Å². The van der Waals surface area contributed by atoms with E-state index in [2.05, 4.69) is 10.00 Å². The highest BCUT2D eigenvalue weighted by atomic mass is 16.5. The zero-order valence-electron chi connectivity index (χ0n) is 18.7. The highest BCUT2D eigenvalue weighted by Gasteiger charge is 2.23. The van der Waals surface area contributed by atoms with Crippen LogP contribution in [0.15, 0.2) is 59.4 Å². The van der Waals surface area contributed by atoms with Gasteiger partial charge >= 0.3 is 0 Å². The summed E-state index contributed by atoms with van der Waals surface area (Å²) in [5.74, 6) is 1.40. The minimum absolute atomic E-state index is 0.0271. The summed E-state index contributed by atoms with van der Waals surface area (Å²) in [6.07, 6.45) is 0. The van der Waals surface area contributed by atoms with E-state index in [9.17, 15) is 9.59 Å². The lowest BCUT2D eigenvalue weighted by molar-refractivity contribution is -0.133. The van der Waals surface area contributed by atoms with E-state index in [0.29, 0.717) is 31.9 Å². The number of nitrogens with zero attached hydrogens (tertiary/aromatic N) is 4. The number of benzene rings is 2. The standard InChI is InChI=1S/C25H28N4O3/c1-18-5-4-6-22(15-18)32-17-25(31)28-13-11-27(12-14-28)23-9-10-24(30)29(26-23)21-8-7-19(2)20(3)16-21/h4-10,15-16H,11-14,17H2,1-3H3. The molecule has 1 saturated heterocycles. The zero-order chi connectivity index (χ0) is 22.7. The Labute approximate surface area is 187 Å². The van der Waals surface area contributed by atoms with Crippen LogP contribution in [0.4, 0.5) is 5.82 Å². The van der Waals surface area contributed by atoms with E-state index < -0.39 is 0 Å². The molecule has 1 aliphatic rings. The molecule has 2 heterocycles. The fourth-order valence-corrected chi connectivity index (χ4v) is 3.74. The smallest absolute Gasteiger partial charge is 0.271 e. The molecule has 32 heavy (non-hydrogen) atoms. The third-order valence-electron chi connectivity index (χ3n) is 5.83. The van der Waals surface area contributed by atoms with Crippen molar-refractivity contribution in [3.63, 3.8) is 0 Å². The fraction of sp³-hybridized carbons (Fsp3) is 0.320. The molecule has 1 aliphatic heterocycles. The molecule has 0 spiro atoms. The molecule has 2 aromatic carbocycles. The maximum Gasteiger partial charge on any atom is 0.271 e. The van der Waals surface area contributed by atoms with E-state index in [-0.39, 0.29) is 18.1 Å². The van der Waals surface area contributed by atoms with Crippen molar-refractivity contribution in [3.05, 3.63) is 81.6 Å². The first-order valence-electron chi connectivity index (χ1n) is 10.8. The Morgan fingerprint density at radius 1 is 0.938 bits per heavy atom. The first-order chi connectivity index (χ1) is 15.4. The number of hydrogen-bond acceptors (Lipinski definition) is 5. The van der Waals surface area contributed by atoms with Crippen LogP contribution >= 0.6 is 0 Å². The van der Waals surface area contributed by atoms with E-state index in [4.69, 9.17) is 4.74 Å². The largest absolute Gasteiger partial charge is 0.484 e. The summed E-state index contributed by atoms with van der Waals surface area (Å²) in [6.45, 7) is 8.54. The van der Waals surface area contributed by atoms with Gasteiger partial charge in [0, 0.05) is 32.2 Å². The summed E-state index contributed by atoms with van der Waals surface area (Å²) in [5.41, 5.74) is 3.96. The Kier molecular flexibility index (Phi) is 6.25. The van der Waals surface area contributed by atoms with Crippen LogP contribution in [0.3, 0.4) is 0 Å². The third kappa shape index (κ3) is 4.82. The van der Waals surface area contributed by atoms with Gasteiger partial charge < -0.3 is 14.5 Å². The molecule has 0 radical (unpaired) electrons. The lowest BCUT2D eigenvalue weighted by Gasteiger charge is -2.35. The van der Waals surface area contributed by atoms with Crippen molar-refractivity contribution in [2.75, 3.05) is 37.7 Å². The van der Waals surface area contributed by atoms with E-state index in [1.165, 1.54) is 10.2 Å². The van der Waals surface area contributed by atoms with E-state index in [1.54, 1.807) is 12.1 Å². The lowest BCUT2D eigenvalue weighted by atomic mass is 10.1. The van der Waals surface area contributed by atoms with E-state index in [0.717, 1.165) is 22.6 Å². The number of carbonyl (C=O) groups is 1. The van der Waals surface area contributed by atoms with Crippen LogP contribution in [0.5, 0.6) is 5.75 Å². The predicted molar refractivity (Wildman–Crippen MR) is 125 cm³/mol. The number of aromatic nitrogens is 2. The maximum absolute atomic E-state index is 12.6. The topological polar surface area (TPSA) is 67.7 Å². The molecule has 1 amide bonds. The molecule has 0 unspecified atom stereocenters.